The van der Waals surface area contributed by atoms with Gasteiger partial charge in [0.25, 0.3) is 0 Å². The summed E-state index contributed by atoms with van der Waals surface area (Å²) in [5.74, 6) is -0.933. The first kappa shape index (κ1) is 53.1. The third kappa shape index (κ3) is 42.3. The number of carbonyl (C=O) groups excluding carboxylic acids is 3. The summed E-state index contributed by atoms with van der Waals surface area (Å²) in [6, 6.07) is 0. The number of allylic oxidation sites excluding steroid dienone is 10. The van der Waals surface area contributed by atoms with Crippen LogP contribution >= 0.6 is 0 Å². The van der Waals surface area contributed by atoms with Crippen LogP contribution in [-0.2, 0) is 28.6 Å². The largest absolute Gasteiger partial charge is 0.462 e. The van der Waals surface area contributed by atoms with Crippen molar-refractivity contribution in [3.8, 4) is 0 Å². The molecular weight excluding hydrogens is 697 g/mol. The molecule has 0 fully saturated rings. The number of hydrogen-bond donors (Lipinski definition) is 0. The van der Waals surface area contributed by atoms with Crippen molar-refractivity contribution < 1.29 is 28.6 Å². The van der Waals surface area contributed by atoms with Crippen LogP contribution in [0.2, 0.25) is 0 Å². The second-order valence-corrected chi connectivity index (χ2v) is 15.3. The molecule has 1 atom stereocenters. The zero-order chi connectivity index (χ0) is 40.8. The molecule has 0 heterocycles. The molecule has 0 spiro atoms. The van der Waals surface area contributed by atoms with Crippen LogP contribution < -0.4 is 0 Å². The molecule has 0 rings (SSSR count). The van der Waals surface area contributed by atoms with Crippen LogP contribution in [0.1, 0.15) is 220 Å². The Morgan fingerprint density at radius 2 is 0.696 bits per heavy atom. The maximum atomic E-state index is 12.7. The summed E-state index contributed by atoms with van der Waals surface area (Å²) in [5.41, 5.74) is 0. The van der Waals surface area contributed by atoms with Crippen molar-refractivity contribution in [2.24, 2.45) is 0 Å². The molecule has 0 aliphatic heterocycles. The molecule has 6 heteroatoms. The molecule has 0 saturated carbocycles. The fraction of sp³-hybridized carbons (Fsp3) is 0.740. The molecule has 0 radical (unpaired) electrons. The number of esters is 3. The second-order valence-electron chi connectivity index (χ2n) is 15.3. The van der Waals surface area contributed by atoms with E-state index >= 15 is 0 Å². The Labute approximate surface area is 345 Å². The van der Waals surface area contributed by atoms with Crippen molar-refractivity contribution >= 4 is 17.9 Å². The highest BCUT2D eigenvalue weighted by Gasteiger charge is 2.19. The van der Waals surface area contributed by atoms with Crippen molar-refractivity contribution in [3.05, 3.63) is 60.8 Å². The zero-order valence-electron chi connectivity index (χ0n) is 36.6. The molecule has 0 N–H and O–H groups in total. The first-order valence-corrected chi connectivity index (χ1v) is 23.3. The summed E-state index contributed by atoms with van der Waals surface area (Å²) in [5, 5.41) is 0. The first-order valence-electron chi connectivity index (χ1n) is 23.3. The van der Waals surface area contributed by atoms with Crippen LogP contribution in [0.25, 0.3) is 0 Å². The van der Waals surface area contributed by atoms with Crippen molar-refractivity contribution in [2.45, 2.75) is 226 Å². The van der Waals surface area contributed by atoms with E-state index in [-0.39, 0.29) is 31.1 Å². The van der Waals surface area contributed by atoms with Crippen LogP contribution in [0.4, 0.5) is 0 Å². The molecule has 1 unspecified atom stereocenters. The summed E-state index contributed by atoms with van der Waals surface area (Å²) in [7, 11) is 0. The minimum Gasteiger partial charge on any atom is -0.462 e. The molecule has 0 aromatic carbocycles. The summed E-state index contributed by atoms with van der Waals surface area (Å²) in [6.45, 7) is 6.43. The predicted octanol–water partition coefficient (Wildman–Crippen LogP) is 14.9. The molecule has 0 saturated heterocycles. The second kappa shape index (κ2) is 44.8. The lowest BCUT2D eigenvalue weighted by atomic mass is 10.1. The monoisotopic (exact) mass is 783 g/mol. The Hall–Kier alpha value is -2.89. The van der Waals surface area contributed by atoms with E-state index in [0.717, 1.165) is 109 Å². The van der Waals surface area contributed by atoms with E-state index in [2.05, 4.69) is 81.5 Å². The van der Waals surface area contributed by atoms with E-state index < -0.39 is 6.10 Å². The molecule has 6 nitrogen and oxygen atoms in total. The van der Waals surface area contributed by atoms with E-state index in [1.807, 2.05) is 0 Å². The summed E-state index contributed by atoms with van der Waals surface area (Å²) in [6.07, 6.45) is 53.4. The maximum Gasteiger partial charge on any atom is 0.306 e. The van der Waals surface area contributed by atoms with E-state index in [1.54, 1.807) is 0 Å². The quantitative estimate of drug-likeness (QED) is 0.0266. The van der Waals surface area contributed by atoms with Crippen molar-refractivity contribution in [1.82, 2.24) is 0 Å². The van der Waals surface area contributed by atoms with Crippen LogP contribution in [0.5, 0.6) is 0 Å². The Balaban J connectivity index is 4.44. The molecule has 0 aliphatic carbocycles. The zero-order valence-corrected chi connectivity index (χ0v) is 36.6. The maximum absolute atomic E-state index is 12.7. The average Bonchev–Trinajstić information content (AvgIpc) is 3.19. The topological polar surface area (TPSA) is 78.9 Å². The Bertz CT molecular complexity index is 1040. The number of carbonyl (C=O) groups is 3. The van der Waals surface area contributed by atoms with Gasteiger partial charge < -0.3 is 14.2 Å². The van der Waals surface area contributed by atoms with E-state index in [9.17, 15) is 14.4 Å². The van der Waals surface area contributed by atoms with E-state index in [1.165, 1.54) is 70.6 Å². The summed E-state index contributed by atoms with van der Waals surface area (Å²) in [4.78, 5) is 37.8. The van der Waals surface area contributed by atoms with E-state index in [0.29, 0.717) is 19.3 Å². The van der Waals surface area contributed by atoms with Gasteiger partial charge in [0, 0.05) is 19.3 Å². The van der Waals surface area contributed by atoms with Gasteiger partial charge in [-0.3, -0.25) is 14.4 Å². The summed E-state index contributed by atoms with van der Waals surface area (Å²) < 4.78 is 16.7. The Morgan fingerprint density at radius 1 is 0.375 bits per heavy atom. The molecule has 56 heavy (non-hydrogen) atoms. The number of unbranched alkanes of at least 4 members (excludes halogenated alkanes) is 20. The highest BCUT2D eigenvalue weighted by Crippen LogP contribution is 2.13. The SMILES string of the molecule is CC/C=C\C/C=C\C/C=C\CCCCCCC(=O)OCC(COC(=O)CCCCCCC/C=C\CCCCC)OC(=O)CCCCCCC/C=C\CCCCC. The van der Waals surface area contributed by atoms with Gasteiger partial charge in [-0.25, -0.2) is 0 Å². The smallest absolute Gasteiger partial charge is 0.306 e. The minimum absolute atomic E-state index is 0.0897. The molecule has 0 aliphatic rings. The number of hydrogen-bond acceptors (Lipinski definition) is 6. The number of ether oxygens (including phenoxy) is 3. The van der Waals surface area contributed by atoms with Crippen LogP contribution in [0, 0.1) is 0 Å². The molecule has 0 aromatic rings. The lowest BCUT2D eigenvalue weighted by molar-refractivity contribution is -0.167. The number of rotatable bonds is 41. The van der Waals surface area contributed by atoms with Crippen LogP contribution in [0.3, 0.4) is 0 Å². The van der Waals surface area contributed by atoms with Gasteiger partial charge in [-0.15, -0.1) is 0 Å². The van der Waals surface area contributed by atoms with Crippen LogP contribution in [-0.4, -0.2) is 37.2 Å². The van der Waals surface area contributed by atoms with Crippen LogP contribution in [0.15, 0.2) is 60.8 Å². The molecule has 0 aromatic heterocycles. The molecular formula is C50H86O6. The lowest BCUT2D eigenvalue weighted by Crippen LogP contribution is -2.30. The first-order chi connectivity index (χ1) is 27.5. The van der Waals surface area contributed by atoms with Gasteiger partial charge in [-0.05, 0) is 103 Å². The minimum atomic E-state index is -0.788. The summed E-state index contributed by atoms with van der Waals surface area (Å²) >= 11 is 0. The third-order valence-electron chi connectivity index (χ3n) is 9.73. The fourth-order valence-electron chi connectivity index (χ4n) is 6.21. The molecule has 322 valence electrons. The van der Waals surface area contributed by atoms with Gasteiger partial charge >= 0.3 is 17.9 Å². The predicted molar refractivity (Wildman–Crippen MR) is 238 cm³/mol. The Morgan fingerprint density at radius 3 is 1.11 bits per heavy atom. The molecule has 0 amide bonds. The van der Waals surface area contributed by atoms with Gasteiger partial charge in [0.05, 0.1) is 0 Å². The standard InChI is InChI=1S/C50H86O6/c1-4-7-10-13-16-19-22-25-26-29-31-34-37-40-43-49(52)55-46-47(56-50(53)44-41-38-35-32-28-24-21-18-15-12-9-6-3)45-54-48(51)42-39-36-33-30-27-23-20-17-14-11-8-5-2/h7,10,16-21,25-26,47H,4-6,8-9,11-15,22-24,27-46H2,1-3H3/b10-7-,19-16-,20-17-,21-18-,26-25-. The highest BCUT2D eigenvalue weighted by atomic mass is 16.6. The molecule has 0 bridgehead atoms. The van der Waals surface area contributed by atoms with Gasteiger partial charge in [-0.2, -0.15) is 0 Å². The lowest BCUT2D eigenvalue weighted by Gasteiger charge is -2.18. The highest BCUT2D eigenvalue weighted by molar-refractivity contribution is 5.71. The fourth-order valence-corrected chi connectivity index (χ4v) is 6.21. The third-order valence-corrected chi connectivity index (χ3v) is 9.73. The van der Waals surface area contributed by atoms with Crippen molar-refractivity contribution in [2.75, 3.05) is 13.2 Å². The van der Waals surface area contributed by atoms with Gasteiger partial charge in [-0.1, -0.05) is 159 Å². The van der Waals surface area contributed by atoms with Gasteiger partial charge in [0.1, 0.15) is 13.2 Å². The van der Waals surface area contributed by atoms with Gasteiger partial charge in [0.15, 0.2) is 6.10 Å². The van der Waals surface area contributed by atoms with Crippen molar-refractivity contribution in [1.29, 1.82) is 0 Å². The van der Waals surface area contributed by atoms with Gasteiger partial charge in [0.2, 0.25) is 0 Å². The Kier molecular flexibility index (Phi) is 42.5. The average molecular weight is 783 g/mol. The van der Waals surface area contributed by atoms with E-state index in [4.69, 9.17) is 14.2 Å². The van der Waals surface area contributed by atoms with Crippen molar-refractivity contribution in [3.63, 3.8) is 0 Å². The normalized spacial score (nSPS) is 12.6.